The number of ether oxygens (including phenoxy) is 1. The molecule has 1 amide bonds. The Kier molecular flexibility index (Phi) is 10.3. The monoisotopic (exact) mass is 589 g/mol. The van der Waals surface area contributed by atoms with E-state index in [9.17, 15) is 13.2 Å². The van der Waals surface area contributed by atoms with Crippen molar-refractivity contribution in [3.8, 4) is 5.75 Å². The molecule has 0 radical (unpaired) electrons. The number of thiocarbonyl (C=S) groups is 1. The van der Waals surface area contributed by atoms with Crippen LogP contribution in [0.3, 0.4) is 0 Å². The number of hydrogen-bond acceptors (Lipinski definition) is 5. The number of halogens is 1. The molecule has 0 aromatic heterocycles. The summed E-state index contributed by atoms with van der Waals surface area (Å²) in [5.74, 6) is 0.300. The van der Waals surface area contributed by atoms with E-state index in [4.69, 9.17) is 17.0 Å². The van der Waals surface area contributed by atoms with E-state index in [1.807, 2.05) is 0 Å². The van der Waals surface area contributed by atoms with E-state index in [1.54, 1.807) is 60.7 Å². The summed E-state index contributed by atoms with van der Waals surface area (Å²) in [6.45, 7) is 2.79. The molecule has 0 unspecified atom stereocenters. The molecule has 10 heteroatoms. The number of rotatable bonds is 11. The topological polar surface area (TPSA) is 96.5 Å². The zero-order valence-corrected chi connectivity index (χ0v) is 23.0. The molecular weight excluding hydrogens is 562 g/mol. The van der Waals surface area contributed by atoms with Crippen LogP contribution in [0.5, 0.6) is 5.75 Å². The predicted octanol–water partition coefficient (Wildman–Crippen LogP) is 6.34. The number of para-hydroxylation sites is 1. The zero-order valence-electron chi connectivity index (χ0n) is 19.8. The molecule has 0 aliphatic carbocycles. The summed E-state index contributed by atoms with van der Waals surface area (Å²) >= 11 is 8.70. The molecule has 0 aliphatic heterocycles. The highest BCUT2D eigenvalue weighted by Gasteiger charge is 2.15. The second-order valence-electron chi connectivity index (χ2n) is 7.96. The first kappa shape index (κ1) is 27.6. The second-order valence-corrected chi connectivity index (χ2v) is 10.9. The maximum absolute atomic E-state index is 12.6. The van der Waals surface area contributed by atoms with Gasteiger partial charge in [0.05, 0.1) is 16.0 Å². The summed E-state index contributed by atoms with van der Waals surface area (Å²) < 4.78 is 34.1. The third-order valence-electron chi connectivity index (χ3n) is 5.13. The van der Waals surface area contributed by atoms with Crippen molar-refractivity contribution in [1.82, 2.24) is 5.32 Å². The Morgan fingerprint density at radius 3 is 2.33 bits per heavy atom. The number of carbonyl (C=O) groups is 1. The van der Waals surface area contributed by atoms with Crippen molar-refractivity contribution in [2.45, 2.75) is 37.5 Å². The van der Waals surface area contributed by atoms with Gasteiger partial charge in [-0.3, -0.25) is 14.8 Å². The molecule has 0 saturated carbocycles. The molecule has 0 fully saturated rings. The smallest absolute Gasteiger partial charge is 0.261 e. The van der Waals surface area contributed by atoms with Crippen molar-refractivity contribution < 1.29 is 17.9 Å². The standard InChI is InChI=1S/C26H28BrN3O4S2/c1-2-3-4-8-17-34-24-16-11-19(18-23(24)27)25(31)29-26(35)28-20-12-14-22(15-13-20)36(32,33)30-21-9-6-5-7-10-21/h5-7,9-16,18,30H,2-4,8,17H2,1H3,(H2,28,29,31,35). The molecule has 7 nitrogen and oxygen atoms in total. The molecule has 0 atom stereocenters. The van der Waals surface area contributed by atoms with Gasteiger partial charge in [0.1, 0.15) is 5.75 Å². The first-order chi connectivity index (χ1) is 17.3. The van der Waals surface area contributed by atoms with Crippen LogP contribution in [0.1, 0.15) is 43.0 Å². The van der Waals surface area contributed by atoms with E-state index in [0.29, 0.717) is 33.8 Å². The predicted molar refractivity (Wildman–Crippen MR) is 151 cm³/mol. The van der Waals surface area contributed by atoms with Crippen molar-refractivity contribution in [2.24, 2.45) is 0 Å². The van der Waals surface area contributed by atoms with Gasteiger partial charge < -0.3 is 10.1 Å². The average Bonchev–Trinajstić information content (AvgIpc) is 2.85. The average molecular weight is 591 g/mol. The van der Waals surface area contributed by atoms with Gasteiger partial charge in [-0.15, -0.1) is 0 Å². The minimum Gasteiger partial charge on any atom is -0.492 e. The molecule has 36 heavy (non-hydrogen) atoms. The van der Waals surface area contributed by atoms with Gasteiger partial charge in [-0.1, -0.05) is 44.4 Å². The molecule has 0 heterocycles. The number of amides is 1. The quantitative estimate of drug-likeness (QED) is 0.178. The van der Waals surface area contributed by atoms with Crippen LogP contribution in [-0.4, -0.2) is 26.0 Å². The van der Waals surface area contributed by atoms with Gasteiger partial charge in [0.25, 0.3) is 15.9 Å². The van der Waals surface area contributed by atoms with Crippen molar-refractivity contribution in [2.75, 3.05) is 16.6 Å². The van der Waals surface area contributed by atoms with Crippen LogP contribution in [-0.2, 0) is 10.0 Å². The van der Waals surface area contributed by atoms with Crippen LogP contribution < -0.4 is 20.1 Å². The van der Waals surface area contributed by atoms with Crippen LogP contribution in [0, 0.1) is 0 Å². The number of carbonyl (C=O) groups excluding carboxylic acids is 1. The summed E-state index contributed by atoms with van der Waals surface area (Å²) in [5, 5.41) is 5.60. The molecule has 0 spiro atoms. The Bertz CT molecular complexity index is 1280. The van der Waals surface area contributed by atoms with Gasteiger partial charge in [0.15, 0.2) is 5.11 Å². The molecule has 0 saturated heterocycles. The normalized spacial score (nSPS) is 10.9. The first-order valence-electron chi connectivity index (χ1n) is 11.5. The van der Waals surface area contributed by atoms with Crippen LogP contribution in [0.15, 0.2) is 82.2 Å². The lowest BCUT2D eigenvalue weighted by molar-refractivity contribution is 0.0977. The SMILES string of the molecule is CCCCCCOc1ccc(C(=O)NC(=S)Nc2ccc(S(=O)(=O)Nc3ccccc3)cc2)cc1Br. The Balaban J connectivity index is 1.53. The Hall–Kier alpha value is -2.95. The number of benzene rings is 3. The Labute approximate surface area is 225 Å². The first-order valence-corrected chi connectivity index (χ1v) is 14.2. The van der Waals surface area contributed by atoms with Crippen LogP contribution in [0.2, 0.25) is 0 Å². The van der Waals surface area contributed by atoms with E-state index in [2.05, 4.69) is 38.2 Å². The highest BCUT2D eigenvalue weighted by Crippen LogP contribution is 2.26. The van der Waals surface area contributed by atoms with Crippen molar-refractivity contribution in [1.29, 1.82) is 0 Å². The van der Waals surface area contributed by atoms with E-state index in [0.717, 1.165) is 12.8 Å². The zero-order chi connectivity index (χ0) is 26.0. The highest BCUT2D eigenvalue weighted by atomic mass is 79.9. The summed E-state index contributed by atoms with van der Waals surface area (Å²) in [6, 6.07) is 19.8. The molecule has 3 aromatic carbocycles. The van der Waals surface area contributed by atoms with Gasteiger partial charge in [-0.25, -0.2) is 8.42 Å². The second kappa shape index (κ2) is 13.4. The van der Waals surface area contributed by atoms with E-state index < -0.39 is 10.0 Å². The number of unbranched alkanes of at least 4 members (excludes halogenated alkanes) is 3. The molecule has 3 rings (SSSR count). The van der Waals surface area contributed by atoms with Crippen molar-refractivity contribution in [3.05, 3.63) is 82.8 Å². The van der Waals surface area contributed by atoms with Crippen molar-refractivity contribution >= 4 is 60.6 Å². The fourth-order valence-corrected chi connectivity index (χ4v) is 5.01. The lowest BCUT2D eigenvalue weighted by Gasteiger charge is -2.12. The summed E-state index contributed by atoms with van der Waals surface area (Å²) in [5.41, 5.74) is 1.42. The fourth-order valence-electron chi connectivity index (χ4n) is 3.25. The van der Waals surface area contributed by atoms with E-state index >= 15 is 0 Å². The number of sulfonamides is 1. The lowest BCUT2D eigenvalue weighted by atomic mass is 10.2. The molecule has 3 N–H and O–H groups in total. The lowest BCUT2D eigenvalue weighted by Crippen LogP contribution is -2.34. The van der Waals surface area contributed by atoms with Gasteiger partial charge in [-0.05, 0) is 89.2 Å². The molecular formula is C26H28BrN3O4S2. The maximum Gasteiger partial charge on any atom is 0.261 e. The van der Waals surface area contributed by atoms with Crippen LogP contribution in [0.25, 0.3) is 0 Å². The molecule has 190 valence electrons. The minimum absolute atomic E-state index is 0.0883. The fraction of sp³-hybridized carbons (Fsp3) is 0.231. The number of anilines is 2. The van der Waals surface area contributed by atoms with Gasteiger partial charge in [0.2, 0.25) is 0 Å². The van der Waals surface area contributed by atoms with Crippen LogP contribution >= 0.6 is 28.1 Å². The maximum atomic E-state index is 12.6. The Morgan fingerprint density at radius 2 is 1.67 bits per heavy atom. The molecule has 0 bridgehead atoms. The van der Waals surface area contributed by atoms with E-state index in [1.165, 1.54) is 25.0 Å². The van der Waals surface area contributed by atoms with Crippen LogP contribution in [0.4, 0.5) is 11.4 Å². The third kappa shape index (κ3) is 8.32. The number of hydrogen-bond donors (Lipinski definition) is 3. The largest absolute Gasteiger partial charge is 0.492 e. The van der Waals surface area contributed by atoms with Gasteiger partial charge >= 0.3 is 0 Å². The number of nitrogens with one attached hydrogen (secondary N) is 3. The van der Waals surface area contributed by atoms with Crippen molar-refractivity contribution in [3.63, 3.8) is 0 Å². The third-order valence-corrected chi connectivity index (χ3v) is 7.35. The Morgan fingerprint density at radius 1 is 0.944 bits per heavy atom. The molecule has 3 aromatic rings. The summed E-state index contributed by atoms with van der Waals surface area (Å²) in [7, 11) is -3.73. The van der Waals surface area contributed by atoms with E-state index in [-0.39, 0.29) is 15.9 Å². The minimum atomic E-state index is -3.73. The van der Waals surface area contributed by atoms with Gasteiger partial charge in [-0.2, -0.15) is 0 Å². The summed E-state index contributed by atoms with van der Waals surface area (Å²) in [4.78, 5) is 12.7. The van der Waals surface area contributed by atoms with Gasteiger partial charge in [0, 0.05) is 16.9 Å². The highest BCUT2D eigenvalue weighted by molar-refractivity contribution is 9.10. The summed E-state index contributed by atoms with van der Waals surface area (Å²) in [6.07, 6.45) is 4.47. The molecule has 0 aliphatic rings.